The largest absolute Gasteiger partial charge is 0.416 e. The fourth-order valence-corrected chi connectivity index (χ4v) is 4.16. The van der Waals surface area contributed by atoms with Gasteiger partial charge in [0.15, 0.2) is 9.84 Å². The Bertz CT molecular complexity index is 1060. The molecule has 0 aliphatic carbocycles. The van der Waals surface area contributed by atoms with Crippen molar-refractivity contribution in [2.24, 2.45) is 0 Å². The van der Waals surface area contributed by atoms with E-state index in [1.807, 2.05) is 24.3 Å². The second-order valence-corrected chi connectivity index (χ2v) is 9.05. The standard InChI is InChI=1S/C20H15F3O2S2/c1-27(24,25)17-6-4-5-14(13-17)18-7-2-3-8-19(18)26-16-11-9-15(10-12-16)20(21,22)23/h2-13H,1H3. The molecule has 0 aliphatic rings. The average molecular weight is 408 g/mol. The van der Waals surface area contributed by atoms with Crippen LogP contribution < -0.4 is 0 Å². The maximum Gasteiger partial charge on any atom is 0.416 e. The molecule has 0 N–H and O–H groups in total. The van der Waals surface area contributed by atoms with Crippen LogP contribution >= 0.6 is 11.8 Å². The van der Waals surface area contributed by atoms with Crippen molar-refractivity contribution in [1.29, 1.82) is 0 Å². The highest BCUT2D eigenvalue weighted by Crippen LogP contribution is 2.38. The Morgan fingerprint density at radius 2 is 1.52 bits per heavy atom. The van der Waals surface area contributed by atoms with Crippen LogP contribution in [-0.2, 0) is 16.0 Å². The summed E-state index contributed by atoms with van der Waals surface area (Å²) in [5, 5.41) is 0. The van der Waals surface area contributed by atoms with Gasteiger partial charge in [0.25, 0.3) is 0 Å². The fourth-order valence-electron chi connectivity index (χ4n) is 2.53. The van der Waals surface area contributed by atoms with E-state index in [-0.39, 0.29) is 4.90 Å². The van der Waals surface area contributed by atoms with Crippen molar-refractivity contribution in [2.75, 3.05) is 6.26 Å². The molecule has 0 heterocycles. The lowest BCUT2D eigenvalue weighted by atomic mass is 10.1. The molecule has 0 saturated heterocycles. The van der Waals surface area contributed by atoms with E-state index in [9.17, 15) is 21.6 Å². The van der Waals surface area contributed by atoms with Crippen LogP contribution in [0.4, 0.5) is 13.2 Å². The lowest BCUT2D eigenvalue weighted by Gasteiger charge is -2.11. The number of hydrogen-bond donors (Lipinski definition) is 0. The first-order valence-electron chi connectivity index (χ1n) is 7.89. The van der Waals surface area contributed by atoms with Gasteiger partial charge in [0.2, 0.25) is 0 Å². The Morgan fingerprint density at radius 3 is 2.15 bits per heavy atom. The lowest BCUT2D eigenvalue weighted by molar-refractivity contribution is -0.137. The maximum absolute atomic E-state index is 12.7. The molecule has 3 rings (SSSR count). The third kappa shape index (κ3) is 4.73. The summed E-state index contributed by atoms with van der Waals surface area (Å²) in [6.45, 7) is 0. The van der Waals surface area contributed by atoms with Crippen LogP contribution in [0.2, 0.25) is 0 Å². The van der Waals surface area contributed by atoms with E-state index >= 15 is 0 Å². The summed E-state index contributed by atoms with van der Waals surface area (Å²) < 4.78 is 61.7. The Kier molecular flexibility index (Phi) is 5.35. The molecule has 7 heteroatoms. The van der Waals surface area contributed by atoms with Gasteiger partial charge in [-0.1, -0.05) is 42.1 Å². The molecule has 0 bridgehead atoms. The van der Waals surface area contributed by atoms with Gasteiger partial charge in [-0.15, -0.1) is 0 Å². The van der Waals surface area contributed by atoms with Crippen LogP contribution in [0.3, 0.4) is 0 Å². The van der Waals surface area contributed by atoms with Crippen LogP contribution in [0.1, 0.15) is 5.56 Å². The van der Waals surface area contributed by atoms with Gasteiger partial charge in [-0.3, -0.25) is 0 Å². The number of sulfone groups is 1. The predicted molar refractivity (Wildman–Crippen MR) is 101 cm³/mol. The Morgan fingerprint density at radius 1 is 0.852 bits per heavy atom. The number of rotatable bonds is 4. The predicted octanol–water partition coefficient (Wildman–Crippen LogP) is 5.93. The van der Waals surface area contributed by atoms with Crippen LogP contribution in [0.5, 0.6) is 0 Å². The molecule has 140 valence electrons. The SMILES string of the molecule is CS(=O)(=O)c1cccc(-c2ccccc2Sc2ccc(C(F)(F)F)cc2)c1. The van der Waals surface area contributed by atoms with E-state index < -0.39 is 21.6 Å². The minimum atomic E-state index is -4.37. The molecular formula is C20H15F3O2S2. The first-order valence-corrected chi connectivity index (χ1v) is 10.6. The molecule has 0 spiro atoms. The molecular weight excluding hydrogens is 393 g/mol. The molecule has 0 amide bonds. The van der Waals surface area contributed by atoms with E-state index in [2.05, 4.69) is 0 Å². The summed E-state index contributed by atoms with van der Waals surface area (Å²) in [6, 6.07) is 18.9. The first-order chi connectivity index (χ1) is 12.6. The van der Waals surface area contributed by atoms with Crippen LogP contribution in [0.25, 0.3) is 11.1 Å². The van der Waals surface area contributed by atoms with Gasteiger partial charge in [-0.25, -0.2) is 8.42 Å². The van der Waals surface area contributed by atoms with Crippen molar-refractivity contribution in [3.05, 3.63) is 78.4 Å². The third-order valence-corrected chi connectivity index (χ3v) is 6.06. The number of hydrogen-bond acceptors (Lipinski definition) is 3. The molecule has 0 radical (unpaired) electrons. The van der Waals surface area contributed by atoms with Crippen LogP contribution in [0.15, 0.2) is 87.5 Å². The van der Waals surface area contributed by atoms with E-state index in [0.717, 1.165) is 34.4 Å². The van der Waals surface area contributed by atoms with Gasteiger partial charge in [-0.05, 0) is 53.6 Å². The summed E-state index contributed by atoms with van der Waals surface area (Å²) >= 11 is 1.32. The molecule has 0 atom stereocenters. The van der Waals surface area contributed by atoms with Gasteiger partial charge < -0.3 is 0 Å². The zero-order valence-corrected chi connectivity index (χ0v) is 15.8. The summed E-state index contributed by atoms with van der Waals surface area (Å²) in [5.74, 6) is 0. The zero-order valence-electron chi connectivity index (χ0n) is 14.2. The Balaban J connectivity index is 1.96. The van der Waals surface area contributed by atoms with Crippen molar-refractivity contribution in [2.45, 2.75) is 20.9 Å². The molecule has 0 saturated carbocycles. The molecule has 27 heavy (non-hydrogen) atoms. The molecule has 0 unspecified atom stereocenters. The summed E-state index contributed by atoms with van der Waals surface area (Å²) in [5.41, 5.74) is 0.849. The van der Waals surface area contributed by atoms with Crippen molar-refractivity contribution < 1.29 is 21.6 Å². The molecule has 2 nitrogen and oxygen atoms in total. The Labute approximate surface area is 160 Å². The van der Waals surface area contributed by atoms with E-state index in [0.29, 0.717) is 4.90 Å². The minimum Gasteiger partial charge on any atom is -0.224 e. The van der Waals surface area contributed by atoms with Gasteiger partial charge in [0.05, 0.1) is 10.5 Å². The maximum atomic E-state index is 12.7. The van der Waals surface area contributed by atoms with E-state index in [1.54, 1.807) is 18.2 Å². The summed E-state index contributed by atoms with van der Waals surface area (Å²) in [4.78, 5) is 1.70. The highest BCUT2D eigenvalue weighted by atomic mass is 32.2. The van der Waals surface area contributed by atoms with Crippen molar-refractivity contribution in [3.63, 3.8) is 0 Å². The number of benzene rings is 3. The molecule has 3 aromatic rings. The topological polar surface area (TPSA) is 34.1 Å². The molecule has 0 aromatic heterocycles. The van der Waals surface area contributed by atoms with Gasteiger partial charge in [0, 0.05) is 16.0 Å². The third-order valence-electron chi connectivity index (χ3n) is 3.87. The molecule has 3 aromatic carbocycles. The average Bonchev–Trinajstić information content (AvgIpc) is 2.61. The lowest BCUT2D eigenvalue weighted by Crippen LogP contribution is -2.03. The van der Waals surface area contributed by atoms with Gasteiger partial charge >= 0.3 is 6.18 Å². The van der Waals surface area contributed by atoms with Gasteiger partial charge in [-0.2, -0.15) is 13.2 Å². The number of alkyl halides is 3. The summed E-state index contributed by atoms with van der Waals surface area (Å²) in [7, 11) is -3.34. The highest BCUT2D eigenvalue weighted by molar-refractivity contribution is 7.99. The normalized spacial score (nSPS) is 12.1. The quantitative estimate of drug-likeness (QED) is 0.537. The smallest absolute Gasteiger partial charge is 0.224 e. The monoisotopic (exact) mass is 408 g/mol. The van der Waals surface area contributed by atoms with Crippen molar-refractivity contribution in [1.82, 2.24) is 0 Å². The Hall–Kier alpha value is -2.25. The van der Waals surface area contributed by atoms with Gasteiger partial charge in [0.1, 0.15) is 0 Å². The van der Waals surface area contributed by atoms with Crippen molar-refractivity contribution >= 4 is 21.6 Å². The van der Waals surface area contributed by atoms with Crippen LogP contribution in [0, 0.1) is 0 Å². The number of halogens is 3. The van der Waals surface area contributed by atoms with Crippen LogP contribution in [-0.4, -0.2) is 14.7 Å². The fraction of sp³-hybridized carbons (Fsp3) is 0.100. The van der Waals surface area contributed by atoms with E-state index in [1.165, 1.54) is 30.0 Å². The van der Waals surface area contributed by atoms with E-state index in [4.69, 9.17) is 0 Å². The summed E-state index contributed by atoms with van der Waals surface area (Å²) in [6.07, 6.45) is -3.22. The minimum absolute atomic E-state index is 0.217. The molecule has 0 fully saturated rings. The second kappa shape index (κ2) is 7.40. The highest BCUT2D eigenvalue weighted by Gasteiger charge is 2.30. The van der Waals surface area contributed by atoms with Crippen molar-refractivity contribution in [3.8, 4) is 11.1 Å². The molecule has 0 aliphatic heterocycles. The second-order valence-electron chi connectivity index (χ2n) is 5.92. The first kappa shape index (κ1) is 19.5. The zero-order chi connectivity index (χ0) is 19.7.